The van der Waals surface area contributed by atoms with Crippen LogP contribution in [0.3, 0.4) is 0 Å². The van der Waals surface area contributed by atoms with Gasteiger partial charge in [0.1, 0.15) is 19.5 Å². The number of carbonyl (C=O) groups excluding carboxylic acids is 2. The predicted molar refractivity (Wildman–Crippen MR) is 109 cm³/mol. The smallest absolute Gasteiger partial charge is 0.414 e. The van der Waals surface area contributed by atoms with E-state index >= 15 is 0 Å². The predicted octanol–water partition coefficient (Wildman–Crippen LogP) is 2.58. The SMILES string of the molecule is O=C(OCCO)N1CC=C(c2ccc(N3C[C@H](COc4ccon4)OC3=O)c(F)c2F)CC1. The number of rotatable bonds is 7. The van der Waals surface area contributed by atoms with Crippen molar-refractivity contribution in [2.75, 3.05) is 44.4 Å². The number of carbonyl (C=O) groups is 2. The van der Waals surface area contributed by atoms with Gasteiger partial charge in [0, 0.05) is 24.7 Å². The van der Waals surface area contributed by atoms with Gasteiger partial charge < -0.3 is 28.7 Å². The van der Waals surface area contributed by atoms with E-state index in [-0.39, 0.29) is 63.0 Å². The zero-order valence-electron chi connectivity index (χ0n) is 17.4. The first kappa shape index (κ1) is 22.5. The molecule has 0 bridgehead atoms. The molecule has 0 radical (unpaired) electrons. The third kappa shape index (κ3) is 4.90. The fourth-order valence-electron chi connectivity index (χ4n) is 3.56. The highest BCUT2D eigenvalue weighted by molar-refractivity contribution is 5.90. The Kier molecular flexibility index (Phi) is 6.73. The van der Waals surface area contributed by atoms with Gasteiger partial charge in [-0.3, -0.25) is 4.90 Å². The van der Waals surface area contributed by atoms with Crippen LogP contribution in [0, 0.1) is 11.6 Å². The second kappa shape index (κ2) is 9.86. The van der Waals surface area contributed by atoms with Crippen LogP contribution in [0.2, 0.25) is 0 Å². The Balaban J connectivity index is 1.43. The molecule has 0 saturated carbocycles. The van der Waals surface area contributed by atoms with Gasteiger partial charge >= 0.3 is 12.2 Å². The number of aromatic nitrogens is 1. The Hall–Kier alpha value is -3.67. The van der Waals surface area contributed by atoms with E-state index in [1.54, 1.807) is 6.08 Å². The largest absolute Gasteiger partial charge is 0.471 e. The highest BCUT2D eigenvalue weighted by Gasteiger charge is 2.35. The molecule has 10 nitrogen and oxygen atoms in total. The van der Waals surface area contributed by atoms with Crippen LogP contribution < -0.4 is 9.64 Å². The Labute approximate surface area is 186 Å². The van der Waals surface area contributed by atoms with E-state index in [9.17, 15) is 18.4 Å². The topological polar surface area (TPSA) is 115 Å². The lowest BCUT2D eigenvalue weighted by Gasteiger charge is -2.26. The second-order valence-electron chi connectivity index (χ2n) is 7.29. The molecule has 1 saturated heterocycles. The summed E-state index contributed by atoms with van der Waals surface area (Å²) in [5.41, 5.74) is 0.348. The lowest BCUT2D eigenvalue weighted by Crippen LogP contribution is -2.35. The fourth-order valence-corrected chi connectivity index (χ4v) is 3.56. The van der Waals surface area contributed by atoms with Gasteiger partial charge in [0.2, 0.25) is 0 Å². The number of amides is 2. The number of hydrogen-bond donors (Lipinski definition) is 1. The second-order valence-corrected chi connectivity index (χ2v) is 7.29. The van der Waals surface area contributed by atoms with Gasteiger partial charge in [-0.1, -0.05) is 6.08 Å². The normalized spacial score (nSPS) is 18.2. The van der Waals surface area contributed by atoms with Crippen LogP contribution in [0.25, 0.3) is 5.57 Å². The molecule has 1 aromatic heterocycles. The molecule has 3 heterocycles. The molecule has 2 amide bonds. The Morgan fingerprint density at radius 1 is 1.27 bits per heavy atom. The van der Waals surface area contributed by atoms with Gasteiger partial charge in [-0.05, 0) is 29.3 Å². The highest BCUT2D eigenvalue weighted by Crippen LogP contribution is 2.32. The summed E-state index contributed by atoms with van der Waals surface area (Å²) in [6.07, 6.45) is 1.12. The number of halogens is 2. The van der Waals surface area contributed by atoms with Gasteiger partial charge in [0.25, 0.3) is 5.88 Å². The molecule has 0 spiro atoms. The number of ether oxygens (including phenoxy) is 3. The van der Waals surface area contributed by atoms with Crippen LogP contribution in [-0.2, 0) is 9.47 Å². The minimum absolute atomic E-state index is 0.0267. The quantitative estimate of drug-likeness (QED) is 0.664. The fraction of sp³-hybridized carbons (Fsp3) is 0.381. The molecule has 1 fully saturated rings. The van der Waals surface area contributed by atoms with Gasteiger partial charge in [-0.25, -0.2) is 18.4 Å². The number of cyclic esters (lactones) is 1. The molecule has 1 N–H and O–H groups in total. The van der Waals surface area contributed by atoms with Crippen LogP contribution in [0.15, 0.2) is 35.1 Å². The summed E-state index contributed by atoms with van der Waals surface area (Å²) in [5.74, 6) is -2.05. The molecule has 176 valence electrons. The van der Waals surface area contributed by atoms with Crippen molar-refractivity contribution in [3.8, 4) is 5.88 Å². The monoisotopic (exact) mass is 465 g/mol. The van der Waals surface area contributed by atoms with Crippen molar-refractivity contribution in [1.82, 2.24) is 10.1 Å². The summed E-state index contributed by atoms with van der Waals surface area (Å²) >= 11 is 0. The van der Waals surface area contributed by atoms with Gasteiger partial charge in [-0.2, -0.15) is 0 Å². The number of nitrogens with zero attached hydrogens (tertiary/aromatic N) is 3. The summed E-state index contributed by atoms with van der Waals surface area (Å²) in [6, 6.07) is 4.20. The first-order chi connectivity index (χ1) is 16.0. The maximum Gasteiger partial charge on any atom is 0.414 e. The summed E-state index contributed by atoms with van der Waals surface area (Å²) in [4.78, 5) is 26.5. The molecule has 12 heteroatoms. The Morgan fingerprint density at radius 3 is 2.82 bits per heavy atom. The molecule has 0 aliphatic carbocycles. The molecule has 33 heavy (non-hydrogen) atoms. The zero-order chi connectivity index (χ0) is 23.4. The minimum Gasteiger partial charge on any atom is -0.471 e. The lowest BCUT2D eigenvalue weighted by atomic mass is 9.98. The van der Waals surface area contributed by atoms with E-state index in [0.717, 1.165) is 4.90 Å². The van der Waals surface area contributed by atoms with Crippen LogP contribution in [0.5, 0.6) is 5.88 Å². The van der Waals surface area contributed by atoms with Crippen LogP contribution in [-0.4, -0.2) is 72.9 Å². The highest BCUT2D eigenvalue weighted by atomic mass is 19.2. The molecule has 2 aliphatic rings. The third-order valence-corrected chi connectivity index (χ3v) is 5.19. The van der Waals surface area contributed by atoms with Gasteiger partial charge in [0.15, 0.2) is 17.7 Å². The van der Waals surface area contributed by atoms with Crippen molar-refractivity contribution in [3.05, 3.63) is 47.7 Å². The molecule has 0 unspecified atom stereocenters. The van der Waals surface area contributed by atoms with Crippen molar-refractivity contribution in [2.45, 2.75) is 12.5 Å². The van der Waals surface area contributed by atoms with Crippen molar-refractivity contribution in [3.63, 3.8) is 0 Å². The number of hydrogen-bond acceptors (Lipinski definition) is 8. The van der Waals surface area contributed by atoms with E-state index in [0.29, 0.717) is 5.57 Å². The van der Waals surface area contributed by atoms with Crippen molar-refractivity contribution < 1.29 is 42.2 Å². The maximum atomic E-state index is 14.9. The van der Waals surface area contributed by atoms with Crippen LogP contribution in [0.1, 0.15) is 12.0 Å². The summed E-state index contributed by atoms with van der Waals surface area (Å²) < 4.78 is 49.8. The summed E-state index contributed by atoms with van der Waals surface area (Å²) in [5, 5.41) is 12.3. The average Bonchev–Trinajstić information content (AvgIpc) is 3.47. The Morgan fingerprint density at radius 2 is 2.12 bits per heavy atom. The van der Waals surface area contributed by atoms with Gasteiger partial charge in [-0.15, -0.1) is 0 Å². The molecule has 2 aromatic rings. The molecule has 2 aliphatic heterocycles. The number of benzene rings is 1. The first-order valence-electron chi connectivity index (χ1n) is 10.2. The lowest BCUT2D eigenvalue weighted by molar-refractivity contribution is 0.0871. The van der Waals surface area contributed by atoms with E-state index < -0.39 is 29.9 Å². The Bertz CT molecular complexity index is 1040. The summed E-state index contributed by atoms with van der Waals surface area (Å²) in [7, 11) is 0. The van der Waals surface area contributed by atoms with Crippen molar-refractivity contribution >= 4 is 23.4 Å². The number of aliphatic hydroxyl groups excluding tert-OH is 1. The van der Waals surface area contributed by atoms with E-state index in [4.69, 9.17) is 19.3 Å². The standard InChI is InChI=1S/C21H21F2N3O7/c22-18-15(13-3-6-25(7-4-13)20(28)30-10-8-27)1-2-16(19(18)23)26-11-14(33-21(26)29)12-31-17-5-9-32-24-17/h1-3,5,9,14,27H,4,6-8,10-12H2/t14-/m1/s1. The number of anilines is 1. The van der Waals surface area contributed by atoms with Crippen LogP contribution in [0.4, 0.5) is 24.1 Å². The van der Waals surface area contributed by atoms with Crippen LogP contribution >= 0.6 is 0 Å². The average molecular weight is 465 g/mol. The molecule has 1 aromatic carbocycles. The minimum atomic E-state index is -1.17. The molecular formula is C21H21F2N3O7. The summed E-state index contributed by atoms with van der Waals surface area (Å²) in [6.45, 7) is -0.0313. The van der Waals surface area contributed by atoms with Gasteiger partial charge in [0.05, 0.1) is 18.8 Å². The third-order valence-electron chi connectivity index (χ3n) is 5.19. The van der Waals surface area contributed by atoms with E-state index in [2.05, 4.69) is 9.68 Å². The molecule has 4 rings (SSSR count). The van der Waals surface area contributed by atoms with E-state index in [1.165, 1.54) is 29.4 Å². The maximum absolute atomic E-state index is 14.9. The van der Waals surface area contributed by atoms with Crippen molar-refractivity contribution in [2.24, 2.45) is 0 Å². The molecular weight excluding hydrogens is 444 g/mol. The van der Waals surface area contributed by atoms with Crippen molar-refractivity contribution in [1.29, 1.82) is 0 Å². The van der Waals surface area contributed by atoms with E-state index in [1.807, 2.05) is 0 Å². The first-order valence-corrected chi connectivity index (χ1v) is 10.2. The zero-order valence-corrected chi connectivity index (χ0v) is 17.4. The number of aliphatic hydroxyl groups is 1. The molecule has 1 atom stereocenters.